The van der Waals surface area contributed by atoms with Crippen LogP contribution in [0.4, 0.5) is 11.4 Å². The van der Waals surface area contributed by atoms with Crippen LogP contribution in [0.25, 0.3) is 0 Å². The Morgan fingerprint density at radius 3 is 2.32 bits per heavy atom. The third-order valence-electron chi connectivity index (χ3n) is 4.96. The number of piperazine rings is 1. The van der Waals surface area contributed by atoms with E-state index in [0.29, 0.717) is 5.69 Å². The Kier molecular flexibility index (Phi) is 6.75. The van der Waals surface area contributed by atoms with Gasteiger partial charge in [0.15, 0.2) is 0 Å². The van der Waals surface area contributed by atoms with Crippen LogP contribution in [-0.2, 0) is 10.0 Å². The number of nitro groups is 1. The Morgan fingerprint density at radius 2 is 1.74 bits per heavy atom. The zero-order valence-electron chi connectivity index (χ0n) is 16.8. The molecule has 0 N–H and O–H groups in total. The SMILES string of the molecule is CN(C)c1ccc(C(=O)N2CCN(S(=O)(=O)c3cccc(Cl)c3Cl)CC2)cc1[N+](=O)[O-]. The highest BCUT2D eigenvalue weighted by Crippen LogP contribution is 2.32. The molecule has 166 valence electrons. The van der Waals surface area contributed by atoms with Gasteiger partial charge in [-0.05, 0) is 24.3 Å². The first-order valence-electron chi connectivity index (χ1n) is 9.23. The summed E-state index contributed by atoms with van der Waals surface area (Å²) >= 11 is 12.0. The summed E-state index contributed by atoms with van der Waals surface area (Å²) in [5.41, 5.74) is 0.384. The molecule has 31 heavy (non-hydrogen) atoms. The van der Waals surface area contributed by atoms with Crippen molar-refractivity contribution in [3.05, 3.63) is 62.1 Å². The molecule has 1 saturated heterocycles. The van der Waals surface area contributed by atoms with Crippen molar-refractivity contribution in [2.45, 2.75) is 4.90 Å². The van der Waals surface area contributed by atoms with Crippen LogP contribution in [-0.4, -0.2) is 68.7 Å². The molecule has 0 aliphatic carbocycles. The summed E-state index contributed by atoms with van der Waals surface area (Å²) in [5.74, 6) is -0.397. The first-order valence-corrected chi connectivity index (χ1v) is 11.4. The van der Waals surface area contributed by atoms with Gasteiger partial charge in [-0.1, -0.05) is 29.3 Å². The highest BCUT2D eigenvalue weighted by atomic mass is 35.5. The van der Waals surface area contributed by atoms with Gasteiger partial charge >= 0.3 is 0 Å². The van der Waals surface area contributed by atoms with E-state index in [0.717, 1.165) is 0 Å². The van der Waals surface area contributed by atoms with Gasteiger partial charge in [0.2, 0.25) is 10.0 Å². The average molecular weight is 487 g/mol. The summed E-state index contributed by atoms with van der Waals surface area (Å²) in [6.07, 6.45) is 0. The number of carbonyl (C=O) groups excluding carboxylic acids is 1. The summed E-state index contributed by atoms with van der Waals surface area (Å²) < 4.78 is 27.1. The van der Waals surface area contributed by atoms with Gasteiger partial charge < -0.3 is 9.80 Å². The van der Waals surface area contributed by atoms with Gasteiger partial charge in [-0.15, -0.1) is 0 Å². The van der Waals surface area contributed by atoms with Crippen LogP contribution in [0.3, 0.4) is 0 Å². The lowest BCUT2D eigenvalue weighted by Gasteiger charge is -2.34. The molecule has 2 aromatic carbocycles. The molecule has 0 aromatic heterocycles. The van der Waals surface area contributed by atoms with Crippen LogP contribution >= 0.6 is 23.2 Å². The van der Waals surface area contributed by atoms with Gasteiger partial charge in [0, 0.05) is 51.9 Å². The first kappa shape index (κ1) is 23.3. The maximum absolute atomic E-state index is 12.9. The highest BCUT2D eigenvalue weighted by molar-refractivity contribution is 7.89. The fourth-order valence-corrected chi connectivity index (χ4v) is 5.48. The molecule has 1 aliphatic heterocycles. The molecular formula is C19H20Cl2N4O5S. The maximum Gasteiger partial charge on any atom is 0.293 e. The zero-order chi connectivity index (χ0) is 22.9. The Labute approximate surface area is 189 Å². The molecule has 12 heteroatoms. The first-order chi connectivity index (χ1) is 14.5. The Morgan fingerprint density at radius 1 is 1.10 bits per heavy atom. The van der Waals surface area contributed by atoms with E-state index in [1.54, 1.807) is 19.0 Å². The largest absolute Gasteiger partial charge is 0.372 e. The molecule has 0 bridgehead atoms. The van der Waals surface area contributed by atoms with Crippen molar-refractivity contribution in [1.82, 2.24) is 9.21 Å². The molecule has 0 atom stereocenters. The minimum Gasteiger partial charge on any atom is -0.372 e. The van der Waals surface area contributed by atoms with E-state index in [-0.39, 0.29) is 52.4 Å². The fraction of sp³-hybridized carbons (Fsp3) is 0.316. The van der Waals surface area contributed by atoms with Crippen LogP contribution in [0.15, 0.2) is 41.3 Å². The number of benzene rings is 2. The van der Waals surface area contributed by atoms with Gasteiger partial charge in [0.05, 0.1) is 15.0 Å². The molecule has 0 radical (unpaired) electrons. The summed E-state index contributed by atoms with van der Waals surface area (Å²) in [4.78, 5) is 26.7. The molecule has 1 aliphatic rings. The number of amides is 1. The van der Waals surface area contributed by atoms with E-state index in [9.17, 15) is 23.3 Å². The third-order valence-corrected chi connectivity index (χ3v) is 7.83. The number of hydrogen-bond donors (Lipinski definition) is 0. The minimum atomic E-state index is -3.88. The van der Waals surface area contributed by atoms with Crippen molar-refractivity contribution in [3.63, 3.8) is 0 Å². The maximum atomic E-state index is 12.9. The lowest BCUT2D eigenvalue weighted by molar-refractivity contribution is -0.384. The second-order valence-electron chi connectivity index (χ2n) is 7.10. The van der Waals surface area contributed by atoms with Crippen molar-refractivity contribution in [2.24, 2.45) is 0 Å². The predicted molar refractivity (Wildman–Crippen MR) is 119 cm³/mol. The molecule has 1 fully saturated rings. The molecule has 0 spiro atoms. The van der Waals surface area contributed by atoms with Gasteiger partial charge in [-0.2, -0.15) is 4.31 Å². The number of carbonyl (C=O) groups is 1. The standard InChI is InChI=1S/C19H20Cl2N4O5S/c1-22(2)15-7-6-13(12-16(15)25(27)28)19(26)23-8-10-24(11-9-23)31(29,30)17-5-3-4-14(20)18(17)21/h3-7,12H,8-11H2,1-2H3. The highest BCUT2D eigenvalue weighted by Gasteiger charge is 2.32. The second kappa shape index (κ2) is 8.99. The van der Waals surface area contributed by atoms with E-state index >= 15 is 0 Å². The van der Waals surface area contributed by atoms with E-state index in [4.69, 9.17) is 23.2 Å². The van der Waals surface area contributed by atoms with E-state index in [1.807, 2.05) is 0 Å². The number of halogens is 2. The quantitative estimate of drug-likeness (QED) is 0.474. The summed E-state index contributed by atoms with van der Waals surface area (Å²) in [6.45, 7) is 0.405. The van der Waals surface area contributed by atoms with Crippen molar-refractivity contribution in [1.29, 1.82) is 0 Å². The van der Waals surface area contributed by atoms with Crippen LogP contribution in [0, 0.1) is 10.1 Å². The zero-order valence-corrected chi connectivity index (χ0v) is 19.1. The van der Waals surface area contributed by atoms with Gasteiger partial charge in [-0.3, -0.25) is 14.9 Å². The third kappa shape index (κ3) is 4.62. The summed E-state index contributed by atoms with van der Waals surface area (Å²) in [5, 5.41) is 11.5. The van der Waals surface area contributed by atoms with Crippen molar-refractivity contribution < 1.29 is 18.1 Å². The second-order valence-corrected chi connectivity index (χ2v) is 9.79. The van der Waals surface area contributed by atoms with E-state index in [2.05, 4.69) is 0 Å². The Bertz CT molecular complexity index is 1130. The van der Waals surface area contributed by atoms with Crippen LogP contribution in [0.2, 0.25) is 10.0 Å². The monoisotopic (exact) mass is 486 g/mol. The average Bonchev–Trinajstić information content (AvgIpc) is 2.74. The lowest BCUT2D eigenvalue weighted by atomic mass is 10.1. The molecule has 1 amide bonds. The van der Waals surface area contributed by atoms with Crippen molar-refractivity contribution in [2.75, 3.05) is 45.2 Å². The van der Waals surface area contributed by atoms with Gasteiger partial charge in [0.25, 0.3) is 11.6 Å². The van der Waals surface area contributed by atoms with E-state index < -0.39 is 20.9 Å². The van der Waals surface area contributed by atoms with Crippen LogP contribution in [0.5, 0.6) is 0 Å². The predicted octanol–water partition coefficient (Wildman–Crippen LogP) is 3.11. The number of hydrogen-bond acceptors (Lipinski definition) is 6. The molecule has 0 unspecified atom stereocenters. The summed E-state index contributed by atoms with van der Waals surface area (Å²) in [7, 11) is -0.525. The van der Waals surface area contributed by atoms with Gasteiger partial charge in [0.1, 0.15) is 10.6 Å². The topological polar surface area (TPSA) is 104 Å². The molecule has 9 nitrogen and oxygen atoms in total. The number of sulfonamides is 1. The number of rotatable bonds is 5. The van der Waals surface area contributed by atoms with Crippen LogP contribution in [0.1, 0.15) is 10.4 Å². The molecule has 2 aromatic rings. The molecule has 3 rings (SSSR count). The number of anilines is 1. The van der Waals surface area contributed by atoms with Crippen molar-refractivity contribution >= 4 is 50.5 Å². The molecular weight excluding hydrogens is 467 g/mol. The van der Waals surface area contributed by atoms with Gasteiger partial charge in [-0.25, -0.2) is 8.42 Å². The normalized spacial score (nSPS) is 15.0. The number of nitro benzene ring substituents is 1. The molecule has 1 heterocycles. The smallest absolute Gasteiger partial charge is 0.293 e. The van der Waals surface area contributed by atoms with E-state index in [1.165, 1.54) is 45.6 Å². The number of nitrogens with zero attached hydrogens (tertiary/aromatic N) is 4. The summed E-state index contributed by atoms with van der Waals surface area (Å²) in [6, 6.07) is 8.68. The fourth-order valence-electron chi connectivity index (χ4n) is 3.32. The Hall–Kier alpha value is -2.40. The van der Waals surface area contributed by atoms with Crippen molar-refractivity contribution in [3.8, 4) is 0 Å². The Balaban J connectivity index is 1.76. The van der Waals surface area contributed by atoms with Crippen LogP contribution < -0.4 is 4.90 Å². The molecule has 0 saturated carbocycles. The lowest BCUT2D eigenvalue weighted by Crippen LogP contribution is -2.50. The minimum absolute atomic E-state index is 0.0454.